The number of carbonyl (C=O) groups excluding carboxylic acids is 1. The van der Waals surface area contributed by atoms with Crippen LogP contribution in [0.1, 0.15) is 17.3 Å². The number of benzene rings is 1. The summed E-state index contributed by atoms with van der Waals surface area (Å²) in [6.07, 6.45) is 4.50. The molecule has 0 saturated heterocycles. The Morgan fingerprint density at radius 3 is 2.68 bits per heavy atom. The van der Waals surface area contributed by atoms with Crippen molar-refractivity contribution in [2.24, 2.45) is 0 Å². The van der Waals surface area contributed by atoms with Crippen LogP contribution in [-0.2, 0) is 0 Å². The number of ether oxygens (including phenoxy) is 1. The van der Waals surface area contributed by atoms with Gasteiger partial charge in [-0.1, -0.05) is 18.3 Å². The van der Waals surface area contributed by atoms with E-state index in [1.54, 1.807) is 43.6 Å². The molecule has 1 aromatic heterocycles. The highest BCUT2D eigenvalue weighted by molar-refractivity contribution is 7.80. The van der Waals surface area contributed by atoms with Crippen LogP contribution in [0.25, 0.3) is 0 Å². The van der Waals surface area contributed by atoms with Crippen LogP contribution in [0.2, 0.25) is 0 Å². The van der Waals surface area contributed by atoms with Gasteiger partial charge in [0.25, 0.3) is 5.91 Å². The van der Waals surface area contributed by atoms with E-state index in [1.165, 1.54) is 6.33 Å². The van der Waals surface area contributed by atoms with Crippen molar-refractivity contribution in [3.63, 3.8) is 0 Å². The summed E-state index contributed by atoms with van der Waals surface area (Å²) >= 11 is 4.83. The molecule has 5 nitrogen and oxygen atoms in total. The molecule has 0 fully saturated rings. The average Bonchev–Trinajstić information content (AvgIpc) is 2.39. The molecule has 0 radical (unpaired) electrons. The van der Waals surface area contributed by atoms with Gasteiger partial charge in [0.2, 0.25) is 0 Å². The Morgan fingerprint density at radius 2 is 2.00 bits per heavy atom. The van der Waals surface area contributed by atoms with Gasteiger partial charge in [0.1, 0.15) is 12.1 Å². The summed E-state index contributed by atoms with van der Waals surface area (Å²) in [5.41, 5.74) is 0.471. The summed E-state index contributed by atoms with van der Waals surface area (Å²) in [6.45, 7) is 1.65. The van der Waals surface area contributed by atoms with Crippen LogP contribution < -0.4 is 10.1 Å². The second kappa shape index (κ2) is 6.01. The first-order valence-electron chi connectivity index (χ1n) is 5.50. The maximum Gasteiger partial charge on any atom is 0.256 e. The van der Waals surface area contributed by atoms with Crippen molar-refractivity contribution in [1.82, 2.24) is 15.3 Å². The number of aromatic nitrogens is 2. The largest absolute Gasteiger partial charge is 0.454 e. The second-order valence-corrected chi connectivity index (χ2v) is 4.33. The van der Waals surface area contributed by atoms with Crippen LogP contribution in [0.5, 0.6) is 11.5 Å². The molecule has 1 N–H and O–H groups in total. The molecule has 96 valence electrons. The van der Waals surface area contributed by atoms with E-state index >= 15 is 0 Å². The maximum atomic E-state index is 11.8. The van der Waals surface area contributed by atoms with E-state index in [9.17, 15) is 4.79 Å². The Balaban J connectivity index is 2.15. The van der Waals surface area contributed by atoms with Crippen molar-refractivity contribution >= 4 is 23.1 Å². The van der Waals surface area contributed by atoms with Gasteiger partial charge in [-0.25, -0.2) is 9.97 Å². The third kappa shape index (κ3) is 3.82. The van der Waals surface area contributed by atoms with Gasteiger partial charge >= 0.3 is 0 Å². The van der Waals surface area contributed by atoms with E-state index in [4.69, 9.17) is 17.0 Å². The first-order chi connectivity index (χ1) is 9.15. The first kappa shape index (κ1) is 13.1. The van der Waals surface area contributed by atoms with Crippen LogP contribution in [0, 0.1) is 0 Å². The summed E-state index contributed by atoms with van der Waals surface area (Å²) < 4.78 is 5.54. The van der Waals surface area contributed by atoms with Gasteiger partial charge in [0, 0.05) is 5.56 Å². The van der Waals surface area contributed by atoms with Gasteiger partial charge in [-0.05, 0) is 25.1 Å². The second-order valence-electron chi connectivity index (χ2n) is 3.71. The Labute approximate surface area is 115 Å². The minimum Gasteiger partial charge on any atom is -0.454 e. The molecule has 0 saturated carbocycles. The molecule has 1 aromatic carbocycles. The maximum absolute atomic E-state index is 11.8. The number of carbonyl (C=O) groups is 1. The van der Waals surface area contributed by atoms with Gasteiger partial charge in [0.05, 0.1) is 17.4 Å². The predicted octanol–water partition coefficient (Wildman–Crippen LogP) is 2.35. The average molecular weight is 273 g/mol. The van der Waals surface area contributed by atoms with Crippen molar-refractivity contribution in [2.75, 3.05) is 0 Å². The molecule has 19 heavy (non-hydrogen) atoms. The zero-order valence-electron chi connectivity index (χ0n) is 10.2. The van der Waals surface area contributed by atoms with Crippen LogP contribution in [0.3, 0.4) is 0 Å². The number of hydrogen-bond acceptors (Lipinski definition) is 5. The molecule has 0 bridgehead atoms. The lowest BCUT2D eigenvalue weighted by molar-refractivity contribution is 0.0977. The van der Waals surface area contributed by atoms with E-state index < -0.39 is 0 Å². The van der Waals surface area contributed by atoms with E-state index in [2.05, 4.69) is 15.3 Å². The Bertz CT molecular complexity index is 602. The van der Waals surface area contributed by atoms with E-state index in [1.807, 2.05) is 0 Å². The van der Waals surface area contributed by atoms with Crippen molar-refractivity contribution in [3.8, 4) is 11.5 Å². The monoisotopic (exact) mass is 273 g/mol. The number of thiocarbonyl (C=S) groups is 1. The third-order valence-corrected chi connectivity index (χ3v) is 2.26. The molecule has 0 spiro atoms. The molecular formula is C13H11N3O2S. The fourth-order valence-corrected chi connectivity index (χ4v) is 1.50. The summed E-state index contributed by atoms with van der Waals surface area (Å²) in [5.74, 6) is 0.776. The molecule has 0 unspecified atom stereocenters. The van der Waals surface area contributed by atoms with E-state index in [-0.39, 0.29) is 5.91 Å². The minimum atomic E-state index is -0.262. The highest BCUT2D eigenvalue weighted by Gasteiger charge is 2.07. The SMILES string of the molecule is CC(=S)NC(=O)c1cccc(Oc2cncnc2)c1. The number of rotatable bonds is 3. The zero-order valence-corrected chi connectivity index (χ0v) is 11.0. The number of hydrogen-bond donors (Lipinski definition) is 1. The molecule has 1 heterocycles. The van der Waals surface area contributed by atoms with E-state index in [0.29, 0.717) is 22.1 Å². The lowest BCUT2D eigenvalue weighted by Crippen LogP contribution is -2.26. The molecular weight excluding hydrogens is 262 g/mol. The molecule has 2 rings (SSSR count). The third-order valence-electron chi connectivity index (χ3n) is 2.16. The van der Waals surface area contributed by atoms with Crippen molar-refractivity contribution in [3.05, 3.63) is 48.5 Å². The van der Waals surface area contributed by atoms with Crippen LogP contribution in [0.15, 0.2) is 43.0 Å². The molecule has 6 heteroatoms. The topological polar surface area (TPSA) is 64.1 Å². The highest BCUT2D eigenvalue weighted by atomic mass is 32.1. The summed E-state index contributed by atoms with van der Waals surface area (Å²) in [7, 11) is 0. The van der Waals surface area contributed by atoms with Crippen molar-refractivity contribution < 1.29 is 9.53 Å². The predicted molar refractivity (Wildman–Crippen MR) is 74.3 cm³/mol. The van der Waals surface area contributed by atoms with Gasteiger partial charge < -0.3 is 10.1 Å². The molecule has 0 aliphatic heterocycles. The zero-order chi connectivity index (χ0) is 13.7. The summed E-state index contributed by atoms with van der Waals surface area (Å²) in [5, 5.41) is 2.56. The molecule has 2 aromatic rings. The molecule has 1 amide bonds. The molecule has 0 aliphatic rings. The smallest absolute Gasteiger partial charge is 0.256 e. The highest BCUT2D eigenvalue weighted by Crippen LogP contribution is 2.20. The minimum absolute atomic E-state index is 0.262. The fourth-order valence-electron chi connectivity index (χ4n) is 1.41. The summed E-state index contributed by atoms with van der Waals surface area (Å²) in [6, 6.07) is 6.78. The van der Waals surface area contributed by atoms with Gasteiger partial charge in [-0.2, -0.15) is 0 Å². The molecule has 0 atom stereocenters. The number of nitrogens with zero attached hydrogens (tertiary/aromatic N) is 2. The lowest BCUT2D eigenvalue weighted by Gasteiger charge is -2.07. The fraction of sp³-hybridized carbons (Fsp3) is 0.0769. The van der Waals surface area contributed by atoms with Gasteiger partial charge in [0.15, 0.2) is 5.75 Å². The normalized spacial score (nSPS) is 9.74. The van der Waals surface area contributed by atoms with Gasteiger partial charge in [-0.3, -0.25) is 4.79 Å². The lowest BCUT2D eigenvalue weighted by atomic mass is 10.2. The van der Waals surface area contributed by atoms with E-state index in [0.717, 1.165) is 0 Å². The Morgan fingerprint density at radius 1 is 1.26 bits per heavy atom. The Kier molecular flexibility index (Phi) is 4.15. The van der Waals surface area contributed by atoms with Crippen LogP contribution >= 0.6 is 12.2 Å². The summed E-state index contributed by atoms with van der Waals surface area (Å²) in [4.78, 5) is 19.9. The van der Waals surface area contributed by atoms with Crippen molar-refractivity contribution in [1.29, 1.82) is 0 Å². The Hall–Kier alpha value is -2.34. The van der Waals surface area contributed by atoms with Crippen molar-refractivity contribution in [2.45, 2.75) is 6.92 Å². The number of amides is 1. The quantitative estimate of drug-likeness (QED) is 0.870. The first-order valence-corrected chi connectivity index (χ1v) is 5.91. The number of nitrogens with one attached hydrogen (secondary N) is 1. The van der Waals surface area contributed by atoms with Gasteiger partial charge in [-0.15, -0.1) is 0 Å². The standard InChI is InChI=1S/C13H11N3O2S/c1-9(19)16-13(17)10-3-2-4-11(5-10)18-12-6-14-8-15-7-12/h2-8H,1H3,(H,16,17,19). The van der Waals surface area contributed by atoms with Crippen LogP contribution in [-0.4, -0.2) is 20.9 Å². The molecule has 0 aliphatic carbocycles. The van der Waals surface area contributed by atoms with Crippen LogP contribution in [0.4, 0.5) is 0 Å².